The average molecular weight is 319 g/mol. The molecule has 0 spiro atoms. The van der Waals surface area contributed by atoms with Crippen LogP contribution in [0.2, 0.25) is 0 Å². The van der Waals surface area contributed by atoms with E-state index in [1.807, 2.05) is 18.2 Å². The molecule has 3 rings (SSSR count). The second kappa shape index (κ2) is 6.87. The molecule has 2 aliphatic heterocycles. The highest BCUT2D eigenvalue weighted by molar-refractivity contribution is 6.01. The van der Waals surface area contributed by atoms with Crippen LogP contribution in [-0.4, -0.2) is 50.2 Å². The minimum atomic E-state index is -0.317. The Morgan fingerprint density at radius 2 is 2.30 bits per heavy atom. The van der Waals surface area contributed by atoms with Gasteiger partial charge in [-0.2, -0.15) is 0 Å². The van der Waals surface area contributed by atoms with E-state index in [2.05, 4.69) is 10.6 Å². The van der Waals surface area contributed by atoms with Crippen LogP contribution in [0.25, 0.3) is 0 Å². The van der Waals surface area contributed by atoms with E-state index in [0.717, 1.165) is 29.9 Å². The fraction of sp³-hybridized carbons (Fsp3) is 0.500. The topological polar surface area (TPSA) is 79.9 Å². The molecule has 7 nitrogen and oxygen atoms in total. The molecule has 1 aromatic carbocycles. The largest absolute Gasteiger partial charge is 0.497 e. The van der Waals surface area contributed by atoms with E-state index in [1.165, 1.54) is 4.90 Å². The van der Waals surface area contributed by atoms with Crippen LogP contribution in [0.3, 0.4) is 0 Å². The Bertz CT molecular complexity index is 589. The molecule has 0 radical (unpaired) electrons. The number of amides is 3. The molecule has 2 aliphatic rings. The number of nitrogens with one attached hydrogen (secondary N) is 2. The summed E-state index contributed by atoms with van der Waals surface area (Å²) in [5.41, 5.74) is 1.05. The van der Waals surface area contributed by atoms with Crippen LogP contribution in [0.1, 0.15) is 24.4 Å². The van der Waals surface area contributed by atoms with Crippen molar-refractivity contribution in [3.63, 3.8) is 0 Å². The van der Waals surface area contributed by atoms with Crippen LogP contribution in [-0.2, 0) is 4.79 Å². The number of carbonyl (C=O) groups excluding carboxylic acids is 2. The van der Waals surface area contributed by atoms with Crippen molar-refractivity contribution < 1.29 is 19.1 Å². The number of carbonyl (C=O) groups is 2. The minimum absolute atomic E-state index is 0.0934. The molecule has 1 fully saturated rings. The third-order valence-electron chi connectivity index (χ3n) is 4.15. The highest BCUT2D eigenvalue weighted by atomic mass is 16.5. The molecule has 0 aliphatic carbocycles. The van der Waals surface area contributed by atoms with Gasteiger partial charge >= 0.3 is 6.03 Å². The summed E-state index contributed by atoms with van der Waals surface area (Å²) in [6.07, 6.45) is 1.87. The van der Waals surface area contributed by atoms with Gasteiger partial charge in [-0.05, 0) is 31.0 Å². The Morgan fingerprint density at radius 3 is 3.04 bits per heavy atom. The molecule has 1 unspecified atom stereocenters. The zero-order valence-corrected chi connectivity index (χ0v) is 13.1. The lowest BCUT2D eigenvalue weighted by atomic mass is 10.0. The van der Waals surface area contributed by atoms with Crippen LogP contribution in [0.4, 0.5) is 4.79 Å². The Kier molecular flexibility index (Phi) is 4.66. The number of nitrogens with zero attached hydrogens (tertiary/aromatic N) is 1. The zero-order chi connectivity index (χ0) is 16.2. The van der Waals surface area contributed by atoms with Crippen LogP contribution >= 0.6 is 0 Å². The molecule has 0 saturated carbocycles. The first-order valence-electron chi connectivity index (χ1n) is 7.81. The summed E-state index contributed by atoms with van der Waals surface area (Å²) in [5.74, 6) is 1.47. The predicted octanol–water partition coefficient (Wildman–Crippen LogP) is 1.05. The molecule has 7 heteroatoms. The molecular weight excluding hydrogens is 298 g/mol. The van der Waals surface area contributed by atoms with Gasteiger partial charge in [0.25, 0.3) is 0 Å². The van der Waals surface area contributed by atoms with E-state index in [4.69, 9.17) is 9.47 Å². The van der Waals surface area contributed by atoms with E-state index in [1.54, 1.807) is 7.11 Å². The molecule has 0 aromatic heterocycles. The average Bonchev–Trinajstić information content (AvgIpc) is 2.77. The van der Waals surface area contributed by atoms with Crippen LogP contribution in [0.5, 0.6) is 11.5 Å². The number of imide groups is 1. The summed E-state index contributed by atoms with van der Waals surface area (Å²) in [5, 5.41) is 5.95. The maximum atomic E-state index is 11.6. The summed E-state index contributed by atoms with van der Waals surface area (Å²) < 4.78 is 11.1. The van der Waals surface area contributed by atoms with Crippen molar-refractivity contribution in [1.29, 1.82) is 0 Å². The summed E-state index contributed by atoms with van der Waals surface area (Å²) >= 11 is 0. The number of methoxy groups -OCH3 is 1. The Hall–Kier alpha value is -2.28. The minimum Gasteiger partial charge on any atom is -0.497 e. The van der Waals surface area contributed by atoms with Crippen molar-refractivity contribution >= 4 is 11.9 Å². The Labute approximate surface area is 134 Å². The number of urea groups is 1. The molecular formula is C16H21N3O4. The smallest absolute Gasteiger partial charge is 0.324 e. The van der Waals surface area contributed by atoms with E-state index < -0.39 is 0 Å². The lowest BCUT2D eigenvalue weighted by Crippen LogP contribution is -2.38. The molecule has 2 heterocycles. The zero-order valence-electron chi connectivity index (χ0n) is 13.1. The van der Waals surface area contributed by atoms with Crippen molar-refractivity contribution in [2.45, 2.75) is 18.9 Å². The maximum Gasteiger partial charge on any atom is 0.324 e. The van der Waals surface area contributed by atoms with Crippen LogP contribution in [0, 0.1) is 0 Å². The highest BCUT2D eigenvalue weighted by Crippen LogP contribution is 2.34. The quantitative estimate of drug-likeness (QED) is 0.793. The first-order valence-corrected chi connectivity index (χ1v) is 7.81. The van der Waals surface area contributed by atoms with Crippen molar-refractivity contribution in [1.82, 2.24) is 15.5 Å². The molecule has 23 heavy (non-hydrogen) atoms. The first kappa shape index (κ1) is 15.6. The fourth-order valence-corrected chi connectivity index (χ4v) is 2.93. The second-order valence-corrected chi connectivity index (χ2v) is 5.61. The summed E-state index contributed by atoms with van der Waals surface area (Å²) in [7, 11) is 1.64. The maximum absolute atomic E-state index is 11.6. The van der Waals surface area contributed by atoms with Gasteiger partial charge in [-0.1, -0.05) is 0 Å². The highest BCUT2D eigenvalue weighted by Gasteiger charge is 2.28. The standard InChI is InChI=1S/C16H21N3O4/c1-22-11-4-5-14-12(9-11)13(3-2-8-23-14)17-6-7-19-15(20)10-18-16(19)21/h4-5,9,13,17H,2-3,6-8,10H2,1H3,(H,18,21). The lowest BCUT2D eigenvalue weighted by Gasteiger charge is -2.20. The number of hydrogen-bond donors (Lipinski definition) is 2. The van der Waals surface area contributed by atoms with Gasteiger partial charge in [-0.25, -0.2) is 4.79 Å². The summed E-state index contributed by atoms with van der Waals surface area (Å²) in [6, 6.07) is 5.58. The van der Waals surface area contributed by atoms with E-state index in [0.29, 0.717) is 19.7 Å². The predicted molar refractivity (Wildman–Crippen MR) is 83.6 cm³/mol. The molecule has 124 valence electrons. The van der Waals surface area contributed by atoms with Crippen molar-refractivity contribution in [2.75, 3.05) is 33.4 Å². The molecule has 2 N–H and O–H groups in total. The molecule has 1 atom stereocenters. The van der Waals surface area contributed by atoms with Crippen molar-refractivity contribution in [3.05, 3.63) is 23.8 Å². The molecule has 3 amide bonds. The van der Waals surface area contributed by atoms with Gasteiger partial charge in [0.2, 0.25) is 5.91 Å². The van der Waals surface area contributed by atoms with E-state index in [9.17, 15) is 9.59 Å². The van der Waals surface area contributed by atoms with Gasteiger partial charge in [0.1, 0.15) is 11.5 Å². The third kappa shape index (κ3) is 3.39. The van der Waals surface area contributed by atoms with Gasteiger partial charge in [0.05, 0.1) is 20.3 Å². The van der Waals surface area contributed by atoms with Gasteiger partial charge in [0, 0.05) is 24.7 Å². The molecule has 1 saturated heterocycles. The van der Waals surface area contributed by atoms with Gasteiger partial charge in [-0.15, -0.1) is 0 Å². The second-order valence-electron chi connectivity index (χ2n) is 5.61. The Morgan fingerprint density at radius 1 is 1.43 bits per heavy atom. The number of ether oxygens (including phenoxy) is 2. The van der Waals surface area contributed by atoms with E-state index >= 15 is 0 Å². The summed E-state index contributed by atoms with van der Waals surface area (Å²) in [6.45, 7) is 1.68. The number of benzene rings is 1. The fourth-order valence-electron chi connectivity index (χ4n) is 2.93. The van der Waals surface area contributed by atoms with Crippen LogP contribution in [0.15, 0.2) is 18.2 Å². The van der Waals surface area contributed by atoms with Gasteiger partial charge in [0.15, 0.2) is 0 Å². The molecule has 1 aromatic rings. The lowest BCUT2D eigenvalue weighted by molar-refractivity contribution is -0.124. The van der Waals surface area contributed by atoms with Gasteiger partial charge in [-0.3, -0.25) is 9.69 Å². The number of hydrogen-bond acceptors (Lipinski definition) is 5. The van der Waals surface area contributed by atoms with E-state index in [-0.39, 0.29) is 24.5 Å². The normalized spacial score (nSPS) is 20.6. The number of rotatable bonds is 5. The first-order chi connectivity index (χ1) is 11.2. The number of fused-ring (bicyclic) bond motifs is 1. The Balaban J connectivity index is 1.66. The van der Waals surface area contributed by atoms with Gasteiger partial charge < -0.3 is 20.1 Å². The molecule has 0 bridgehead atoms. The summed E-state index contributed by atoms with van der Waals surface area (Å²) in [4.78, 5) is 24.4. The monoisotopic (exact) mass is 319 g/mol. The SMILES string of the molecule is COc1ccc2c(c1)C(NCCN1C(=O)CNC1=O)CCCO2. The van der Waals surface area contributed by atoms with Crippen molar-refractivity contribution in [2.24, 2.45) is 0 Å². The van der Waals surface area contributed by atoms with Crippen molar-refractivity contribution in [3.8, 4) is 11.5 Å². The van der Waals surface area contributed by atoms with Crippen LogP contribution < -0.4 is 20.1 Å². The third-order valence-corrected chi connectivity index (χ3v) is 4.15.